The zero-order valence-electron chi connectivity index (χ0n) is 8.75. The number of hydrogen-bond donors (Lipinski definition) is 1. The van der Waals surface area contributed by atoms with Gasteiger partial charge in [0.15, 0.2) is 5.78 Å². The second-order valence-electron chi connectivity index (χ2n) is 3.70. The number of nitro benzene ring substituents is 1. The van der Waals surface area contributed by atoms with E-state index in [0.717, 1.165) is 0 Å². The lowest BCUT2D eigenvalue weighted by molar-refractivity contribution is -0.383. The molecule has 1 fully saturated rings. The summed E-state index contributed by atoms with van der Waals surface area (Å²) in [6.45, 7) is -0.0418. The summed E-state index contributed by atoms with van der Waals surface area (Å²) in [5.41, 5.74) is 5.52. The van der Waals surface area contributed by atoms with Gasteiger partial charge < -0.3 is 10.6 Å². The fraction of sp³-hybridized carbons (Fsp3) is 0.200. The van der Waals surface area contributed by atoms with Gasteiger partial charge in [-0.1, -0.05) is 0 Å². The van der Waals surface area contributed by atoms with Crippen molar-refractivity contribution in [3.05, 3.63) is 28.3 Å². The molecule has 0 spiro atoms. The zero-order valence-corrected chi connectivity index (χ0v) is 8.75. The molecule has 88 valence electrons. The normalized spacial score (nSPS) is 15.4. The van der Waals surface area contributed by atoms with Gasteiger partial charge in [-0.3, -0.25) is 19.7 Å². The van der Waals surface area contributed by atoms with Crippen LogP contribution in [-0.2, 0) is 9.59 Å². The van der Waals surface area contributed by atoms with Gasteiger partial charge >= 0.3 is 0 Å². The quantitative estimate of drug-likeness (QED) is 0.347. The Labute approximate surface area is 96.0 Å². The van der Waals surface area contributed by atoms with E-state index in [2.05, 4.69) is 0 Å². The molecule has 7 nitrogen and oxygen atoms in total. The first-order valence-electron chi connectivity index (χ1n) is 4.85. The third-order valence-electron chi connectivity index (χ3n) is 2.51. The highest BCUT2D eigenvalue weighted by atomic mass is 16.6. The minimum Gasteiger partial charge on any atom is -0.393 e. The molecule has 1 amide bonds. The number of amides is 1. The van der Waals surface area contributed by atoms with E-state index in [4.69, 9.17) is 5.73 Å². The summed E-state index contributed by atoms with van der Waals surface area (Å²) >= 11 is 0. The smallest absolute Gasteiger partial charge is 0.294 e. The highest BCUT2D eigenvalue weighted by molar-refractivity contribution is 6.15. The van der Waals surface area contributed by atoms with Gasteiger partial charge in [-0.2, -0.15) is 0 Å². The van der Waals surface area contributed by atoms with Crippen molar-refractivity contribution in [2.24, 2.45) is 0 Å². The second kappa shape index (κ2) is 3.85. The monoisotopic (exact) mass is 235 g/mol. The number of carbonyl (C=O) groups is 2. The van der Waals surface area contributed by atoms with Gasteiger partial charge in [0.25, 0.3) is 5.69 Å². The molecular formula is C10H9N3O4. The molecule has 1 aliphatic heterocycles. The number of nitrogens with two attached hydrogens (primary N) is 1. The van der Waals surface area contributed by atoms with Crippen molar-refractivity contribution < 1.29 is 14.5 Å². The van der Waals surface area contributed by atoms with Crippen molar-refractivity contribution in [3.8, 4) is 0 Å². The SMILES string of the molecule is Nc1ccc(N2CC(=O)CC2=O)cc1[N+](=O)[O-]. The largest absolute Gasteiger partial charge is 0.393 e. The van der Waals surface area contributed by atoms with Crippen LogP contribution in [0.4, 0.5) is 17.1 Å². The van der Waals surface area contributed by atoms with Gasteiger partial charge in [0, 0.05) is 6.07 Å². The molecule has 0 saturated carbocycles. The third-order valence-corrected chi connectivity index (χ3v) is 2.51. The number of rotatable bonds is 2. The molecule has 1 saturated heterocycles. The van der Waals surface area contributed by atoms with Crippen LogP contribution < -0.4 is 10.6 Å². The summed E-state index contributed by atoms with van der Waals surface area (Å²) in [7, 11) is 0. The van der Waals surface area contributed by atoms with E-state index in [9.17, 15) is 19.7 Å². The predicted molar refractivity (Wildman–Crippen MR) is 59.5 cm³/mol. The van der Waals surface area contributed by atoms with Crippen LogP contribution in [0.1, 0.15) is 6.42 Å². The van der Waals surface area contributed by atoms with Crippen molar-refractivity contribution in [2.75, 3.05) is 17.2 Å². The lowest BCUT2D eigenvalue weighted by Gasteiger charge is -2.14. The van der Waals surface area contributed by atoms with Gasteiger partial charge in [-0.15, -0.1) is 0 Å². The Morgan fingerprint density at radius 2 is 2.06 bits per heavy atom. The number of anilines is 2. The maximum Gasteiger partial charge on any atom is 0.294 e. The predicted octanol–water partition coefficient (Wildman–Crippen LogP) is 0.483. The van der Waals surface area contributed by atoms with Gasteiger partial charge in [0.1, 0.15) is 5.69 Å². The molecule has 1 heterocycles. The summed E-state index contributed by atoms with van der Waals surface area (Å²) in [5.74, 6) is -0.552. The number of nitro groups is 1. The lowest BCUT2D eigenvalue weighted by atomic mass is 10.2. The number of benzene rings is 1. The Bertz CT molecular complexity index is 526. The molecule has 2 N–H and O–H groups in total. The molecule has 0 unspecified atom stereocenters. The standard InChI is InChI=1S/C10H9N3O4/c11-8-2-1-6(3-9(8)13(16)17)12-5-7(14)4-10(12)15/h1-3H,4-5,11H2. The van der Waals surface area contributed by atoms with E-state index in [1.807, 2.05) is 0 Å². The highest BCUT2D eigenvalue weighted by Crippen LogP contribution is 2.29. The topological polar surface area (TPSA) is 107 Å². The van der Waals surface area contributed by atoms with Gasteiger partial charge in [0.05, 0.1) is 23.6 Å². The van der Waals surface area contributed by atoms with Crippen LogP contribution in [0.2, 0.25) is 0 Å². The average molecular weight is 235 g/mol. The molecule has 7 heteroatoms. The van der Waals surface area contributed by atoms with E-state index >= 15 is 0 Å². The summed E-state index contributed by atoms with van der Waals surface area (Å²) < 4.78 is 0. The molecule has 1 aliphatic rings. The van der Waals surface area contributed by atoms with Gasteiger partial charge in [0.2, 0.25) is 5.91 Å². The van der Waals surface area contributed by atoms with Crippen molar-refractivity contribution in [1.82, 2.24) is 0 Å². The summed E-state index contributed by atoms with van der Waals surface area (Å²) in [6.07, 6.45) is -0.155. The highest BCUT2D eigenvalue weighted by Gasteiger charge is 2.29. The number of carbonyl (C=O) groups excluding carboxylic acids is 2. The number of ketones is 1. The Hall–Kier alpha value is -2.44. The summed E-state index contributed by atoms with van der Waals surface area (Å²) in [4.78, 5) is 33.8. The van der Waals surface area contributed by atoms with Crippen LogP contribution in [0.3, 0.4) is 0 Å². The maximum absolute atomic E-state index is 11.5. The molecule has 0 aromatic heterocycles. The van der Waals surface area contributed by atoms with Crippen LogP contribution in [0.25, 0.3) is 0 Å². The van der Waals surface area contributed by atoms with E-state index in [-0.39, 0.29) is 36.0 Å². The molecule has 1 aromatic carbocycles. The molecule has 1 aromatic rings. The van der Waals surface area contributed by atoms with Crippen LogP contribution in [0, 0.1) is 10.1 Å². The first-order valence-corrected chi connectivity index (χ1v) is 4.85. The lowest BCUT2D eigenvalue weighted by Crippen LogP contribution is -2.24. The molecule has 0 atom stereocenters. The molecule has 17 heavy (non-hydrogen) atoms. The number of Topliss-reactive ketones (excluding diaryl/α,β-unsaturated/α-hetero) is 1. The van der Waals surface area contributed by atoms with Gasteiger partial charge in [-0.05, 0) is 12.1 Å². The number of nitrogen functional groups attached to an aromatic ring is 1. The van der Waals surface area contributed by atoms with Crippen molar-refractivity contribution >= 4 is 28.8 Å². The molecule has 0 radical (unpaired) electrons. The first-order chi connectivity index (χ1) is 7.99. The second-order valence-corrected chi connectivity index (χ2v) is 3.70. The Balaban J connectivity index is 2.40. The minimum absolute atomic E-state index is 0.0247. The Morgan fingerprint density at radius 3 is 2.59 bits per heavy atom. The van der Waals surface area contributed by atoms with Crippen LogP contribution in [0.15, 0.2) is 18.2 Å². The molecule has 0 aliphatic carbocycles. The van der Waals surface area contributed by atoms with E-state index < -0.39 is 4.92 Å². The fourth-order valence-electron chi connectivity index (χ4n) is 1.68. The van der Waals surface area contributed by atoms with E-state index in [1.54, 1.807) is 0 Å². The van der Waals surface area contributed by atoms with Crippen LogP contribution >= 0.6 is 0 Å². The minimum atomic E-state index is -0.624. The third kappa shape index (κ3) is 1.94. The Kier molecular flexibility index (Phi) is 2.51. The molecule has 0 bridgehead atoms. The summed E-state index contributed by atoms with van der Waals surface area (Å²) in [6, 6.07) is 4.04. The van der Waals surface area contributed by atoms with Crippen LogP contribution in [0.5, 0.6) is 0 Å². The average Bonchev–Trinajstić information content (AvgIpc) is 2.58. The van der Waals surface area contributed by atoms with E-state index in [0.29, 0.717) is 5.69 Å². The van der Waals surface area contributed by atoms with Crippen molar-refractivity contribution in [3.63, 3.8) is 0 Å². The fourth-order valence-corrected chi connectivity index (χ4v) is 1.68. The number of nitrogens with zero attached hydrogens (tertiary/aromatic N) is 2. The Morgan fingerprint density at radius 1 is 1.35 bits per heavy atom. The van der Waals surface area contributed by atoms with E-state index in [1.165, 1.54) is 23.1 Å². The summed E-state index contributed by atoms with van der Waals surface area (Å²) in [5, 5.41) is 10.7. The van der Waals surface area contributed by atoms with Gasteiger partial charge in [-0.25, -0.2) is 0 Å². The number of hydrogen-bond acceptors (Lipinski definition) is 5. The first kappa shape index (κ1) is 11.1. The molecular weight excluding hydrogens is 226 g/mol. The van der Waals surface area contributed by atoms with Crippen molar-refractivity contribution in [2.45, 2.75) is 6.42 Å². The zero-order chi connectivity index (χ0) is 12.6. The van der Waals surface area contributed by atoms with Crippen LogP contribution in [-0.4, -0.2) is 23.2 Å². The maximum atomic E-state index is 11.5. The molecule has 2 rings (SSSR count). The van der Waals surface area contributed by atoms with Crippen molar-refractivity contribution in [1.29, 1.82) is 0 Å².